The molecule has 4 fully saturated rings. The fourth-order valence-electron chi connectivity index (χ4n) is 9.18. The second kappa shape index (κ2) is 10.4. The van der Waals surface area contributed by atoms with Gasteiger partial charge in [-0.15, -0.1) is 0 Å². The first kappa shape index (κ1) is 28.7. The number of amides is 1. The average Bonchev–Trinajstić information content (AvgIpc) is 3.15. The summed E-state index contributed by atoms with van der Waals surface area (Å²) in [5.41, 5.74) is -0.659. The van der Waals surface area contributed by atoms with E-state index in [-0.39, 0.29) is 53.3 Å². The average molecular weight is 546 g/mol. The molecule has 0 aromatic carbocycles. The van der Waals surface area contributed by atoms with Crippen LogP contribution >= 0.6 is 0 Å². The number of carboxylic acids is 1. The molecule has 37 heavy (non-hydrogen) atoms. The van der Waals surface area contributed by atoms with E-state index < -0.39 is 46.6 Å². The molecule has 4 saturated carbocycles. The molecule has 4 aliphatic rings. The van der Waals surface area contributed by atoms with Crippen molar-refractivity contribution >= 4 is 22.3 Å². The van der Waals surface area contributed by atoms with Gasteiger partial charge in [0.25, 0.3) is 0 Å². The Morgan fingerprint density at radius 1 is 1.08 bits per heavy atom. The van der Waals surface area contributed by atoms with E-state index in [0.717, 1.165) is 19.3 Å². The topological polar surface area (TPSA) is 170 Å². The molecule has 0 spiro atoms. The van der Waals surface area contributed by atoms with Crippen molar-refractivity contribution < 1.29 is 42.1 Å². The summed E-state index contributed by atoms with van der Waals surface area (Å²) in [6, 6.07) is 0. The summed E-state index contributed by atoms with van der Waals surface area (Å²) in [4.78, 5) is 22.8. The molecule has 0 radical (unpaired) electrons. The van der Waals surface area contributed by atoms with E-state index >= 15 is 0 Å². The number of hydrogen-bond donors (Lipinski definition) is 5. The minimum Gasteiger partial charge on any atom is -0.480 e. The highest BCUT2D eigenvalue weighted by Gasteiger charge is 2.66. The van der Waals surface area contributed by atoms with Gasteiger partial charge >= 0.3 is 16.4 Å². The first-order valence-corrected chi connectivity index (χ1v) is 15.0. The van der Waals surface area contributed by atoms with E-state index in [9.17, 15) is 32.8 Å². The Hall–Kier alpha value is -1.27. The number of carbonyl (C=O) groups excluding carboxylic acids is 1. The highest BCUT2D eigenvalue weighted by atomic mass is 32.3. The summed E-state index contributed by atoms with van der Waals surface area (Å²) in [5, 5.41) is 33.2. The Morgan fingerprint density at radius 3 is 2.43 bits per heavy atom. The number of aliphatic hydroxyl groups excluding tert-OH is 2. The van der Waals surface area contributed by atoms with Crippen molar-refractivity contribution in [2.24, 2.45) is 46.3 Å². The van der Waals surface area contributed by atoms with Gasteiger partial charge in [0.1, 0.15) is 6.54 Å². The number of fused-ring (bicyclic) bond motifs is 5. The fourth-order valence-corrected chi connectivity index (χ4v) is 9.70. The minimum absolute atomic E-state index is 0.00841. The number of aliphatic hydroxyl groups is 2. The Labute approximate surface area is 219 Å². The van der Waals surface area contributed by atoms with Gasteiger partial charge in [-0.25, -0.2) is 4.18 Å². The molecular weight excluding hydrogens is 502 g/mol. The van der Waals surface area contributed by atoms with Gasteiger partial charge < -0.3 is 20.6 Å². The third-order valence-corrected chi connectivity index (χ3v) is 11.5. The van der Waals surface area contributed by atoms with E-state index in [1.54, 1.807) is 0 Å². The fraction of sp³-hybridized carbons (Fsp3) is 0.923. The lowest BCUT2D eigenvalue weighted by molar-refractivity contribution is -0.202. The lowest BCUT2D eigenvalue weighted by Gasteiger charge is -2.63. The molecule has 0 bridgehead atoms. The molecule has 5 N–H and O–H groups in total. The van der Waals surface area contributed by atoms with Crippen LogP contribution in [0.15, 0.2) is 0 Å². The van der Waals surface area contributed by atoms with Gasteiger partial charge in [-0.2, -0.15) is 8.42 Å². The third kappa shape index (κ3) is 5.44. The number of hydrogen-bond acceptors (Lipinski definition) is 7. The van der Waals surface area contributed by atoms with E-state index in [4.69, 9.17) is 9.29 Å². The second-order valence-electron chi connectivity index (χ2n) is 12.7. The zero-order valence-electron chi connectivity index (χ0n) is 22.0. The molecule has 11 atom stereocenters. The van der Waals surface area contributed by atoms with Crippen LogP contribution in [0.4, 0.5) is 0 Å². The van der Waals surface area contributed by atoms with Crippen molar-refractivity contribution in [1.82, 2.24) is 5.32 Å². The summed E-state index contributed by atoms with van der Waals surface area (Å²) >= 11 is 0. The number of rotatable bonds is 8. The monoisotopic (exact) mass is 545 g/mol. The van der Waals surface area contributed by atoms with Crippen LogP contribution in [-0.2, 0) is 24.2 Å². The standard InChI is InChI=1S/C26H43NO9S/c1-14(4-7-22(30)27-13-23(31)32)17-5-6-18-24-19(12-21(29)26(17,18)3)25(2)9-8-16(28)10-15(25)11-20(24)36-37(33,34)35/h14-21,24,28-29H,4-13H2,1-3H3,(H,27,30)(H,31,32)(H,33,34,35)/t14-,15+,16-,17-,18+,19+,20-,21+,24+,25+,26-/m1/s1. The van der Waals surface area contributed by atoms with E-state index in [0.29, 0.717) is 32.1 Å². The highest BCUT2D eigenvalue weighted by Crippen LogP contribution is 2.68. The third-order valence-electron chi connectivity index (χ3n) is 11.0. The van der Waals surface area contributed by atoms with Crippen LogP contribution in [0, 0.1) is 46.3 Å². The number of aliphatic carboxylic acids is 1. The van der Waals surface area contributed by atoms with Crippen LogP contribution in [0.2, 0.25) is 0 Å². The van der Waals surface area contributed by atoms with Crippen molar-refractivity contribution in [1.29, 1.82) is 0 Å². The van der Waals surface area contributed by atoms with Crippen molar-refractivity contribution in [2.75, 3.05) is 6.54 Å². The Balaban J connectivity index is 1.58. The van der Waals surface area contributed by atoms with Crippen LogP contribution in [-0.4, -0.2) is 65.0 Å². The first-order valence-electron chi connectivity index (χ1n) is 13.7. The normalized spacial score (nSPS) is 44.3. The minimum atomic E-state index is -4.68. The van der Waals surface area contributed by atoms with Gasteiger partial charge in [0.15, 0.2) is 0 Å². The molecule has 0 aromatic rings. The van der Waals surface area contributed by atoms with Crippen LogP contribution in [0.5, 0.6) is 0 Å². The van der Waals surface area contributed by atoms with E-state index in [1.165, 1.54) is 0 Å². The Morgan fingerprint density at radius 2 is 1.78 bits per heavy atom. The summed E-state index contributed by atoms with van der Waals surface area (Å²) < 4.78 is 38.8. The number of carbonyl (C=O) groups is 2. The molecular formula is C26H43NO9S. The second-order valence-corrected chi connectivity index (χ2v) is 13.8. The van der Waals surface area contributed by atoms with Gasteiger partial charge in [-0.05, 0) is 97.7 Å². The maximum atomic E-state index is 12.1. The Kier molecular flexibility index (Phi) is 8.05. The zero-order chi connectivity index (χ0) is 27.3. The van der Waals surface area contributed by atoms with Crippen LogP contribution in [0.3, 0.4) is 0 Å². The van der Waals surface area contributed by atoms with Gasteiger partial charge in [-0.3, -0.25) is 14.1 Å². The number of carboxylic acid groups (broad SMARTS) is 1. The molecule has 4 rings (SSSR count). The first-order chi connectivity index (χ1) is 17.2. The molecule has 212 valence electrons. The number of nitrogens with one attached hydrogen (secondary N) is 1. The SMILES string of the molecule is C[C@H](CCC(=O)NCC(=O)O)[C@H]1CC[C@H]2[C@@H]3[C@H](OS(=O)(=O)O)C[C@@H]4C[C@H](O)CC[C@]4(C)[C@H]3C[C@H](O)[C@]12C. The molecule has 0 heterocycles. The predicted molar refractivity (Wildman–Crippen MR) is 133 cm³/mol. The van der Waals surface area contributed by atoms with Crippen LogP contribution in [0.1, 0.15) is 78.6 Å². The van der Waals surface area contributed by atoms with Gasteiger partial charge in [0.2, 0.25) is 5.91 Å². The molecule has 11 heteroatoms. The quantitative estimate of drug-likeness (QED) is 0.287. The summed E-state index contributed by atoms with van der Waals surface area (Å²) in [5.74, 6) is -1.32. The largest absolute Gasteiger partial charge is 0.480 e. The lowest BCUT2D eigenvalue weighted by atomic mass is 9.43. The van der Waals surface area contributed by atoms with Crippen LogP contribution < -0.4 is 5.32 Å². The molecule has 0 aromatic heterocycles. The molecule has 4 aliphatic carbocycles. The van der Waals surface area contributed by atoms with Crippen LogP contribution in [0.25, 0.3) is 0 Å². The zero-order valence-corrected chi connectivity index (χ0v) is 22.8. The highest BCUT2D eigenvalue weighted by molar-refractivity contribution is 7.80. The van der Waals surface area contributed by atoms with E-state index in [1.807, 2.05) is 0 Å². The Bertz CT molecular complexity index is 989. The summed E-state index contributed by atoms with van der Waals surface area (Å²) in [6.07, 6.45) is 3.63. The maximum Gasteiger partial charge on any atom is 0.397 e. The van der Waals surface area contributed by atoms with Crippen molar-refractivity contribution in [3.63, 3.8) is 0 Å². The van der Waals surface area contributed by atoms with Crippen molar-refractivity contribution in [2.45, 2.75) is 96.9 Å². The van der Waals surface area contributed by atoms with Gasteiger partial charge in [-0.1, -0.05) is 20.8 Å². The van der Waals surface area contributed by atoms with E-state index in [2.05, 4.69) is 26.1 Å². The maximum absolute atomic E-state index is 12.1. The van der Waals surface area contributed by atoms with Crippen molar-refractivity contribution in [3.05, 3.63) is 0 Å². The lowest BCUT2D eigenvalue weighted by Crippen LogP contribution is -2.63. The molecule has 0 aliphatic heterocycles. The molecule has 0 unspecified atom stereocenters. The summed E-state index contributed by atoms with van der Waals surface area (Å²) in [7, 11) is -4.68. The summed E-state index contributed by atoms with van der Waals surface area (Å²) in [6.45, 7) is 5.95. The van der Waals surface area contributed by atoms with Gasteiger partial charge in [0, 0.05) is 6.42 Å². The predicted octanol–water partition coefficient (Wildman–Crippen LogP) is 2.39. The molecule has 0 saturated heterocycles. The smallest absolute Gasteiger partial charge is 0.397 e. The van der Waals surface area contributed by atoms with Crippen molar-refractivity contribution in [3.8, 4) is 0 Å². The molecule has 1 amide bonds. The van der Waals surface area contributed by atoms with Gasteiger partial charge in [0.05, 0.1) is 18.3 Å². The molecule has 10 nitrogen and oxygen atoms in total.